The first-order valence-electron chi connectivity index (χ1n) is 6.66. The molecule has 0 amide bonds. The van der Waals surface area contributed by atoms with Crippen LogP contribution in [0.2, 0.25) is 0 Å². The number of nitrogens with zero attached hydrogens (tertiary/aromatic N) is 2. The van der Waals surface area contributed by atoms with Crippen LogP contribution in [0.1, 0.15) is 49.2 Å². The lowest BCUT2D eigenvalue weighted by atomic mass is 10.1. The third-order valence-corrected chi connectivity index (χ3v) is 3.70. The zero-order valence-corrected chi connectivity index (χ0v) is 10.5. The summed E-state index contributed by atoms with van der Waals surface area (Å²) in [4.78, 5) is 0. The van der Waals surface area contributed by atoms with Crippen LogP contribution in [-0.2, 0) is 6.42 Å². The van der Waals surface area contributed by atoms with Gasteiger partial charge in [0.25, 0.3) is 0 Å². The second-order valence-corrected chi connectivity index (χ2v) is 5.05. The second-order valence-electron chi connectivity index (χ2n) is 5.05. The Labute approximate surface area is 107 Å². The minimum atomic E-state index is -0.105. The summed E-state index contributed by atoms with van der Waals surface area (Å²) in [5, 5.41) is 4.64. The molecule has 0 saturated heterocycles. The Balaban J connectivity index is 1.66. The number of rotatable bonds is 4. The van der Waals surface area contributed by atoms with Gasteiger partial charge in [-0.2, -0.15) is 5.10 Å². The highest BCUT2D eigenvalue weighted by molar-refractivity contribution is 5.09. The van der Waals surface area contributed by atoms with Crippen molar-refractivity contribution in [2.45, 2.75) is 44.2 Å². The summed E-state index contributed by atoms with van der Waals surface area (Å²) in [6.45, 7) is 0. The van der Waals surface area contributed by atoms with Gasteiger partial charge < -0.3 is 10.2 Å². The van der Waals surface area contributed by atoms with Gasteiger partial charge in [-0.3, -0.25) is 4.68 Å². The van der Waals surface area contributed by atoms with Crippen LogP contribution in [-0.4, -0.2) is 9.78 Å². The molecule has 3 rings (SSSR count). The summed E-state index contributed by atoms with van der Waals surface area (Å²) in [6, 6.07) is 6.34. The van der Waals surface area contributed by atoms with Gasteiger partial charge in [0.15, 0.2) is 0 Å². The van der Waals surface area contributed by atoms with E-state index in [1.54, 1.807) is 6.26 Å². The van der Waals surface area contributed by atoms with E-state index in [4.69, 9.17) is 10.2 Å². The molecule has 1 aliphatic rings. The van der Waals surface area contributed by atoms with Crippen molar-refractivity contribution in [2.75, 3.05) is 0 Å². The zero-order chi connectivity index (χ0) is 12.4. The number of furan rings is 1. The van der Waals surface area contributed by atoms with E-state index in [0.717, 1.165) is 17.9 Å². The molecule has 4 nitrogen and oxygen atoms in total. The average molecular weight is 245 g/mol. The van der Waals surface area contributed by atoms with E-state index in [-0.39, 0.29) is 6.04 Å². The second kappa shape index (κ2) is 4.98. The van der Waals surface area contributed by atoms with E-state index < -0.39 is 0 Å². The van der Waals surface area contributed by atoms with E-state index in [2.05, 4.69) is 22.0 Å². The van der Waals surface area contributed by atoms with Gasteiger partial charge in [0.2, 0.25) is 0 Å². The van der Waals surface area contributed by atoms with Crippen molar-refractivity contribution in [2.24, 2.45) is 5.73 Å². The van der Waals surface area contributed by atoms with E-state index in [0.29, 0.717) is 6.04 Å². The van der Waals surface area contributed by atoms with Crippen molar-refractivity contribution >= 4 is 0 Å². The first-order valence-corrected chi connectivity index (χ1v) is 6.66. The van der Waals surface area contributed by atoms with Gasteiger partial charge in [0.05, 0.1) is 24.0 Å². The Hall–Kier alpha value is -1.55. The normalized spacial score (nSPS) is 18.3. The predicted molar refractivity (Wildman–Crippen MR) is 69.1 cm³/mol. The Bertz CT molecular complexity index is 483. The van der Waals surface area contributed by atoms with Gasteiger partial charge in [-0.15, -0.1) is 0 Å². The van der Waals surface area contributed by atoms with Gasteiger partial charge in [0.1, 0.15) is 5.76 Å². The largest absolute Gasteiger partial charge is 0.468 e. The van der Waals surface area contributed by atoms with Crippen molar-refractivity contribution in [1.29, 1.82) is 0 Å². The number of hydrogen-bond donors (Lipinski definition) is 1. The molecule has 0 spiro atoms. The van der Waals surface area contributed by atoms with Crippen LogP contribution in [0.5, 0.6) is 0 Å². The van der Waals surface area contributed by atoms with Crippen LogP contribution >= 0.6 is 0 Å². The predicted octanol–water partition coefficient (Wildman–Crippen LogP) is 2.83. The van der Waals surface area contributed by atoms with Gasteiger partial charge in [-0.25, -0.2) is 0 Å². The molecule has 0 aliphatic heterocycles. The van der Waals surface area contributed by atoms with Crippen LogP contribution in [0.3, 0.4) is 0 Å². The molecule has 1 atom stereocenters. The highest BCUT2D eigenvalue weighted by Crippen LogP contribution is 2.29. The molecule has 1 unspecified atom stereocenters. The molecule has 2 heterocycles. The van der Waals surface area contributed by atoms with E-state index >= 15 is 0 Å². The molecule has 1 saturated carbocycles. The molecular formula is C14H19N3O. The van der Waals surface area contributed by atoms with Crippen molar-refractivity contribution in [3.8, 4) is 0 Å². The van der Waals surface area contributed by atoms with Crippen LogP contribution in [0.25, 0.3) is 0 Å². The maximum Gasteiger partial charge on any atom is 0.120 e. The van der Waals surface area contributed by atoms with Crippen molar-refractivity contribution in [3.63, 3.8) is 0 Å². The van der Waals surface area contributed by atoms with Crippen molar-refractivity contribution in [3.05, 3.63) is 42.1 Å². The summed E-state index contributed by atoms with van der Waals surface area (Å²) in [5.41, 5.74) is 7.14. The molecule has 18 heavy (non-hydrogen) atoms. The Morgan fingerprint density at radius 1 is 1.39 bits per heavy atom. The lowest BCUT2D eigenvalue weighted by Gasteiger charge is -2.09. The lowest BCUT2D eigenvalue weighted by molar-refractivity contribution is 0.447. The summed E-state index contributed by atoms with van der Waals surface area (Å²) in [6.07, 6.45) is 9.63. The van der Waals surface area contributed by atoms with Gasteiger partial charge >= 0.3 is 0 Å². The van der Waals surface area contributed by atoms with E-state index in [1.165, 1.54) is 25.7 Å². The van der Waals surface area contributed by atoms with Crippen LogP contribution in [0.4, 0.5) is 0 Å². The highest BCUT2D eigenvalue weighted by atomic mass is 16.3. The number of hydrogen-bond acceptors (Lipinski definition) is 3. The summed E-state index contributed by atoms with van der Waals surface area (Å²) in [7, 11) is 0. The maximum absolute atomic E-state index is 6.09. The average Bonchev–Trinajstić information content (AvgIpc) is 3.12. The summed E-state index contributed by atoms with van der Waals surface area (Å²) < 4.78 is 7.42. The third kappa shape index (κ3) is 2.34. The fourth-order valence-corrected chi connectivity index (χ4v) is 2.69. The van der Waals surface area contributed by atoms with Gasteiger partial charge in [-0.1, -0.05) is 12.8 Å². The molecule has 2 aromatic rings. The zero-order valence-electron chi connectivity index (χ0n) is 10.5. The maximum atomic E-state index is 6.09. The molecule has 1 fully saturated rings. The van der Waals surface area contributed by atoms with E-state index in [1.807, 2.05) is 12.1 Å². The minimum absolute atomic E-state index is 0.105. The molecule has 2 aromatic heterocycles. The SMILES string of the molecule is NC(Cc1ccn(C2CCCC2)n1)c1ccco1. The van der Waals surface area contributed by atoms with Crippen LogP contribution in [0.15, 0.2) is 35.1 Å². The van der Waals surface area contributed by atoms with Gasteiger partial charge in [-0.05, 0) is 31.0 Å². The Morgan fingerprint density at radius 3 is 2.94 bits per heavy atom. The monoisotopic (exact) mass is 245 g/mol. The summed E-state index contributed by atoms with van der Waals surface area (Å²) >= 11 is 0. The van der Waals surface area contributed by atoms with E-state index in [9.17, 15) is 0 Å². The molecule has 96 valence electrons. The minimum Gasteiger partial charge on any atom is -0.468 e. The molecule has 4 heteroatoms. The number of nitrogens with two attached hydrogens (primary N) is 1. The number of aromatic nitrogens is 2. The topological polar surface area (TPSA) is 57.0 Å². The summed E-state index contributed by atoms with van der Waals surface area (Å²) in [5.74, 6) is 0.824. The fraction of sp³-hybridized carbons (Fsp3) is 0.500. The highest BCUT2D eigenvalue weighted by Gasteiger charge is 2.18. The fourth-order valence-electron chi connectivity index (χ4n) is 2.69. The molecule has 0 aromatic carbocycles. The molecule has 2 N–H and O–H groups in total. The van der Waals surface area contributed by atoms with Crippen molar-refractivity contribution in [1.82, 2.24) is 9.78 Å². The molecule has 0 radical (unpaired) electrons. The first-order chi connectivity index (χ1) is 8.83. The third-order valence-electron chi connectivity index (χ3n) is 3.70. The van der Waals surface area contributed by atoms with Crippen LogP contribution in [0, 0.1) is 0 Å². The Kier molecular flexibility index (Phi) is 3.19. The smallest absolute Gasteiger partial charge is 0.120 e. The van der Waals surface area contributed by atoms with Crippen LogP contribution < -0.4 is 5.73 Å². The Morgan fingerprint density at radius 2 is 2.22 bits per heavy atom. The van der Waals surface area contributed by atoms with Crippen molar-refractivity contribution < 1.29 is 4.42 Å². The molecule has 0 bridgehead atoms. The molecular weight excluding hydrogens is 226 g/mol. The first kappa shape index (κ1) is 11.5. The quantitative estimate of drug-likeness (QED) is 0.901. The lowest BCUT2D eigenvalue weighted by Crippen LogP contribution is -2.13. The van der Waals surface area contributed by atoms with Gasteiger partial charge in [0, 0.05) is 12.6 Å². The standard InChI is InChI=1S/C14H19N3O/c15-13(14-6-3-9-18-14)10-11-7-8-17(16-11)12-4-1-2-5-12/h3,6-9,12-13H,1-2,4-5,10,15H2. The molecule has 1 aliphatic carbocycles.